The van der Waals surface area contributed by atoms with E-state index >= 15 is 0 Å². The van der Waals surface area contributed by atoms with Gasteiger partial charge in [-0.2, -0.15) is 0 Å². The molecule has 1 aliphatic rings. The minimum atomic E-state index is -3.84. The first-order chi connectivity index (χ1) is 17.0. The van der Waals surface area contributed by atoms with Crippen molar-refractivity contribution in [3.05, 3.63) is 84.2 Å². The third-order valence-electron chi connectivity index (χ3n) is 6.01. The Morgan fingerprint density at radius 1 is 1.11 bits per heavy atom. The van der Waals surface area contributed by atoms with Gasteiger partial charge in [0.25, 0.3) is 15.9 Å². The second-order valence-electron chi connectivity index (χ2n) is 8.34. The van der Waals surface area contributed by atoms with Gasteiger partial charge < -0.3 is 15.0 Å². The molecule has 2 heterocycles. The highest BCUT2D eigenvalue weighted by Gasteiger charge is 2.25. The summed E-state index contributed by atoms with van der Waals surface area (Å²) in [4.78, 5) is 20.9. The van der Waals surface area contributed by atoms with Crippen LogP contribution in [-0.4, -0.2) is 37.4 Å². The van der Waals surface area contributed by atoms with E-state index in [-0.39, 0.29) is 23.1 Å². The molecule has 8 nitrogen and oxygen atoms in total. The molecule has 4 aromatic rings. The molecule has 2 N–H and O–H groups in total. The molecule has 5 rings (SSSR count). The van der Waals surface area contributed by atoms with Crippen molar-refractivity contribution in [2.75, 3.05) is 22.8 Å². The highest BCUT2D eigenvalue weighted by Crippen LogP contribution is 2.29. The SMILES string of the molecule is CCN(c1ccccc1)S(=O)(=O)c1cccc(C(=O)Nc2ccc3nc(C4CCCO4)[nH]c3c2)c1. The summed E-state index contributed by atoms with van der Waals surface area (Å²) in [5, 5.41) is 2.86. The lowest BCUT2D eigenvalue weighted by molar-refractivity contribution is 0.102. The Bertz CT molecular complexity index is 1460. The molecule has 1 fully saturated rings. The molecular weight excluding hydrogens is 464 g/mol. The molecule has 180 valence electrons. The van der Waals surface area contributed by atoms with Crippen LogP contribution in [0.25, 0.3) is 11.0 Å². The topological polar surface area (TPSA) is 104 Å². The number of ether oxygens (including phenoxy) is 1. The van der Waals surface area contributed by atoms with E-state index in [1.807, 2.05) is 18.2 Å². The number of hydrogen-bond acceptors (Lipinski definition) is 5. The van der Waals surface area contributed by atoms with E-state index in [2.05, 4.69) is 15.3 Å². The van der Waals surface area contributed by atoms with Gasteiger partial charge in [-0.1, -0.05) is 24.3 Å². The van der Waals surface area contributed by atoms with E-state index in [9.17, 15) is 13.2 Å². The molecular formula is C26H26N4O4S. The molecule has 0 aliphatic carbocycles. The molecule has 1 saturated heterocycles. The zero-order chi connectivity index (χ0) is 24.4. The number of nitrogens with one attached hydrogen (secondary N) is 2. The second kappa shape index (κ2) is 9.52. The molecule has 1 unspecified atom stereocenters. The predicted octanol–water partition coefficient (Wildman–Crippen LogP) is 4.88. The Labute approximate surface area is 204 Å². The van der Waals surface area contributed by atoms with Gasteiger partial charge in [0.2, 0.25) is 0 Å². The Kier molecular flexibility index (Phi) is 6.27. The number of benzene rings is 3. The van der Waals surface area contributed by atoms with Gasteiger partial charge >= 0.3 is 0 Å². The number of imidazole rings is 1. The molecule has 0 radical (unpaired) electrons. The largest absolute Gasteiger partial charge is 0.370 e. The maximum atomic E-state index is 13.3. The van der Waals surface area contributed by atoms with Crippen LogP contribution in [0.4, 0.5) is 11.4 Å². The zero-order valence-corrected chi connectivity index (χ0v) is 20.1. The van der Waals surface area contributed by atoms with Gasteiger partial charge in [-0.15, -0.1) is 0 Å². The van der Waals surface area contributed by atoms with Crippen molar-refractivity contribution in [2.24, 2.45) is 0 Å². The predicted molar refractivity (Wildman–Crippen MR) is 135 cm³/mol. The quantitative estimate of drug-likeness (QED) is 0.384. The Morgan fingerprint density at radius 2 is 1.94 bits per heavy atom. The first kappa shape index (κ1) is 23.1. The third kappa shape index (κ3) is 4.65. The van der Waals surface area contributed by atoms with Crippen LogP contribution in [0, 0.1) is 0 Å². The fraction of sp³-hybridized carbons (Fsp3) is 0.231. The van der Waals surface area contributed by atoms with Gasteiger partial charge in [-0.3, -0.25) is 9.10 Å². The molecule has 0 spiro atoms. The van der Waals surface area contributed by atoms with Crippen LogP contribution in [0.2, 0.25) is 0 Å². The number of aromatic nitrogens is 2. The monoisotopic (exact) mass is 490 g/mol. The van der Waals surface area contributed by atoms with Crippen LogP contribution in [0.15, 0.2) is 77.7 Å². The summed E-state index contributed by atoms with van der Waals surface area (Å²) in [7, 11) is -3.84. The molecule has 35 heavy (non-hydrogen) atoms. The highest BCUT2D eigenvalue weighted by molar-refractivity contribution is 7.92. The molecule has 0 bridgehead atoms. The third-order valence-corrected chi connectivity index (χ3v) is 7.91. The summed E-state index contributed by atoms with van der Waals surface area (Å²) in [6.45, 7) is 2.77. The minimum absolute atomic E-state index is 0.0243. The van der Waals surface area contributed by atoms with Crippen molar-refractivity contribution in [3.63, 3.8) is 0 Å². The number of H-pyrrole nitrogens is 1. The lowest BCUT2D eigenvalue weighted by Crippen LogP contribution is -2.30. The number of aromatic amines is 1. The molecule has 1 atom stereocenters. The van der Waals surface area contributed by atoms with E-state index in [1.165, 1.54) is 16.4 Å². The average molecular weight is 491 g/mol. The Balaban J connectivity index is 1.37. The van der Waals surface area contributed by atoms with E-state index in [1.54, 1.807) is 49.4 Å². The lowest BCUT2D eigenvalue weighted by Gasteiger charge is -2.23. The van der Waals surface area contributed by atoms with Crippen molar-refractivity contribution >= 4 is 38.3 Å². The molecule has 1 amide bonds. The standard InChI is InChI=1S/C26H26N4O4S/c1-2-30(20-9-4-3-5-10-20)35(32,33)21-11-6-8-18(16-21)26(31)27-19-13-14-22-23(17-19)29-25(28-22)24-12-7-15-34-24/h3-6,8-11,13-14,16-17,24H,2,7,12,15H2,1H3,(H,27,31)(H,28,29). The first-order valence-electron chi connectivity index (χ1n) is 11.6. The van der Waals surface area contributed by atoms with Crippen molar-refractivity contribution in [1.82, 2.24) is 9.97 Å². The summed E-state index contributed by atoms with van der Waals surface area (Å²) in [5.74, 6) is 0.390. The van der Waals surface area contributed by atoms with Crippen LogP contribution in [0.3, 0.4) is 0 Å². The van der Waals surface area contributed by atoms with E-state index < -0.39 is 15.9 Å². The maximum absolute atomic E-state index is 13.3. The number of fused-ring (bicyclic) bond motifs is 1. The summed E-state index contributed by atoms with van der Waals surface area (Å²) < 4.78 is 33.7. The second-order valence-corrected chi connectivity index (χ2v) is 10.2. The molecule has 1 aromatic heterocycles. The average Bonchev–Trinajstić information content (AvgIpc) is 3.55. The number of hydrogen-bond donors (Lipinski definition) is 2. The molecule has 3 aromatic carbocycles. The van der Waals surface area contributed by atoms with Crippen molar-refractivity contribution in [2.45, 2.75) is 30.8 Å². The lowest BCUT2D eigenvalue weighted by atomic mass is 10.2. The van der Waals surface area contributed by atoms with Crippen LogP contribution >= 0.6 is 0 Å². The summed E-state index contributed by atoms with van der Waals surface area (Å²) in [5.41, 5.74) is 2.99. The maximum Gasteiger partial charge on any atom is 0.264 e. The fourth-order valence-electron chi connectivity index (χ4n) is 4.27. The van der Waals surface area contributed by atoms with Gasteiger partial charge in [0.15, 0.2) is 0 Å². The number of carbonyl (C=O) groups excluding carboxylic acids is 1. The van der Waals surface area contributed by atoms with Crippen molar-refractivity contribution in [1.29, 1.82) is 0 Å². The smallest absolute Gasteiger partial charge is 0.264 e. The van der Waals surface area contributed by atoms with Crippen molar-refractivity contribution in [3.8, 4) is 0 Å². The highest BCUT2D eigenvalue weighted by atomic mass is 32.2. The van der Waals surface area contributed by atoms with Crippen molar-refractivity contribution < 1.29 is 17.9 Å². The Hall–Kier alpha value is -3.69. The molecule has 1 aliphatic heterocycles. The molecule has 0 saturated carbocycles. The van der Waals surface area contributed by atoms with Gasteiger partial charge in [0.05, 0.1) is 21.6 Å². The number of para-hydroxylation sites is 1. The number of rotatable bonds is 7. The van der Waals surface area contributed by atoms with Crippen LogP contribution in [-0.2, 0) is 14.8 Å². The molecule has 9 heteroatoms. The zero-order valence-electron chi connectivity index (χ0n) is 19.3. The minimum Gasteiger partial charge on any atom is -0.370 e. The number of amides is 1. The fourth-order valence-corrected chi connectivity index (χ4v) is 5.79. The van der Waals surface area contributed by atoms with E-state index in [4.69, 9.17) is 4.74 Å². The number of nitrogens with zero attached hydrogens (tertiary/aromatic N) is 2. The number of anilines is 2. The van der Waals surface area contributed by atoms with Gasteiger partial charge in [-0.05, 0) is 68.3 Å². The summed E-state index contributed by atoms with van der Waals surface area (Å²) in [6, 6.07) is 20.4. The number of sulfonamides is 1. The number of carbonyl (C=O) groups is 1. The van der Waals surface area contributed by atoms with E-state index in [0.29, 0.717) is 11.4 Å². The Morgan fingerprint density at radius 3 is 2.69 bits per heavy atom. The summed E-state index contributed by atoms with van der Waals surface area (Å²) >= 11 is 0. The van der Waals surface area contributed by atoms with Gasteiger partial charge in [-0.25, -0.2) is 13.4 Å². The first-order valence-corrected chi connectivity index (χ1v) is 13.0. The summed E-state index contributed by atoms with van der Waals surface area (Å²) in [6.07, 6.45) is 1.92. The van der Waals surface area contributed by atoms with Crippen LogP contribution in [0.1, 0.15) is 42.1 Å². The van der Waals surface area contributed by atoms with E-state index in [0.717, 1.165) is 36.3 Å². The van der Waals surface area contributed by atoms with Gasteiger partial charge in [0, 0.05) is 24.4 Å². The van der Waals surface area contributed by atoms with Crippen LogP contribution in [0.5, 0.6) is 0 Å². The van der Waals surface area contributed by atoms with Gasteiger partial charge in [0.1, 0.15) is 11.9 Å². The van der Waals surface area contributed by atoms with Crippen LogP contribution < -0.4 is 9.62 Å². The normalized spacial score (nSPS) is 15.9.